The van der Waals surface area contributed by atoms with Crippen molar-refractivity contribution in [1.82, 2.24) is 0 Å². The summed E-state index contributed by atoms with van der Waals surface area (Å²) < 4.78 is 38.1. The molecule has 2 bridgehead atoms. The van der Waals surface area contributed by atoms with Crippen molar-refractivity contribution in [3.63, 3.8) is 0 Å². The summed E-state index contributed by atoms with van der Waals surface area (Å²) in [5, 5.41) is 12.6. The summed E-state index contributed by atoms with van der Waals surface area (Å²) in [7, 11) is 3.18. The van der Waals surface area contributed by atoms with Gasteiger partial charge in [0, 0.05) is 30.0 Å². The molecule has 1 N–H and O–H groups in total. The number of ether oxygens (including phenoxy) is 6. The van der Waals surface area contributed by atoms with E-state index in [4.69, 9.17) is 28.4 Å². The van der Waals surface area contributed by atoms with Crippen molar-refractivity contribution >= 4 is 39.1 Å². The Labute approximate surface area is 203 Å². The van der Waals surface area contributed by atoms with Gasteiger partial charge in [-0.05, 0) is 31.4 Å². The summed E-state index contributed by atoms with van der Waals surface area (Å²) in [6.45, 7) is 2.37. The average Bonchev–Trinajstić information content (AvgIpc) is 3.47. The Balaban J connectivity index is 1.58. The Morgan fingerprint density at radius 1 is 1.27 bits per heavy atom. The quantitative estimate of drug-likeness (QED) is 0.343. The highest BCUT2D eigenvalue weighted by Crippen LogP contribution is 2.71. The fraction of sp³-hybridized carbons (Fsp3) is 0.542. The lowest BCUT2D eigenvalue weighted by atomic mass is 9.78. The van der Waals surface area contributed by atoms with Crippen LogP contribution in [0.4, 0.5) is 0 Å². The first-order valence-corrected chi connectivity index (χ1v) is 12.6. The van der Waals surface area contributed by atoms with Crippen molar-refractivity contribution in [2.24, 2.45) is 0 Å². The lowest BCUT2D eigenvalue weighted by Crippen LogP contribution is -2.67. The van der Waals surface area contributed by atoms with Crippen LogP contribution in [0.2, 0.25) is 0 Å². The van der Waals surface area contributed by atoms with Gasteiger partial charge in [-0.15, -0.1) is 0 Å². The average molecular weight is 566 g/mol. The summed E-state index contributed by atoms with van der Waals surface area (Å²) in [5.74, 6) is -1.32. The Morgan fingerprint density at radius 3 is 2.73 bits per heavy atom. The van der Waals surface area contributed by atoms with Gasteiger partial charge in [-0.2, -0.15) is 0 Å². The number of Topliss-reactive ketones (excluding diaryl/α,β-unsaturated/α-hetero) is 1. The van der Waals surface area contributed by atoms with Crippen LogP contribution >= 0.6 is 22.6 Å². The number of halogens is 1. The van der Waals surface area contributed by atoms with Gasteiger partial charge in [0.15, 0.2) is 11.9 Å². The molecule has 2 aromatic rings. The highest BCUT2D eigenvalue weighted by atomic mass is 127. The molecule has 8 nitrogen and oxygen atoms in total. The maximum atomic E-state index is 12.9. The number of hydrogen-bond acceptors (Lipinski definition) is 8. The first-order chi connectivity index (χ1) is 15.9. The second-order valence-corrected chi connectivity index (χ2v) is 10.2. The van der Waals surface area contributed by atoms with Gasteiger partial charge in [0.05, 0.1) is 29.1 Å². The molecule has 4 aliphatic heterocycles. The lowest BCUT2D eigenvalue weighted by molar-refractivity contribution is -0.282. The van der Waals surface area contributed by atoms with E-state index >= 15 is 0 Å². The standard InChI is InChI=1S/C24H23IO8/c1-10-7-12-16(17(27)15-11(18(12)28-2)5-4-6-13(15)26)19-14(10)20-21-24(29-3,32-19)22(9-30-22)23(8-25,31-20)33-21/h7,20-21,27H,4-6,8-9H2,1-3H3/t20?,21?,22-,23?,24-/m1/s1. The van der Waals surface area contributed by atoms with E-state index in [1.165, 1.54) is 0 Å². The van der Waals surface area contributed by atoms with E-state index in [9.17, 15) is 9.90 Å². The Morgan fingerprint density at radius 2 is 2.06 bits per heavy atom. The molecule has 0 saturated carbocycles. The van der Waals surface area contributed by atoms with Crippen molar-refractivity contribution < 1.29 is 38.3 Å². The zero-order valence-electron chi connectivity index (χ0n) is 18.5. The number of ketones is 1. The van der Waals surface area contributed by atoms with E-state index in [1.807, 2.05) is 13.0 Å². The Hall–Kier alpha value is -1.66. The van der Waals surface area contributed by atoms with Crippen molar-refractivity contribution in [2.45, 2.75) is 55.6 Å². The van der Waals surface area contributed by atoms with Crippen LogP contribution in [-0.2, 0) is 25.4 Å². The molecule has 174 valence electrons. The molecule has 0 aromatic heterocycles. The minimum absolute atomic E-state index is 0.0735. The van der Waals surface area contributed by atoms with Gasteiger partial charge in [-0.1, -0.05) is 22.6 Å². The first kappa shape index (κ1) is 20.7. The second-order valence-electron chi connectivity index (χ2n) is 9.42. The number of fused-ring (bicyclic) bond motifs is 8. The van der Waals surface area contributed by atoms with E-state index in [0.29, 0.717) is 51.7 Å². The summed E-state index contributed by atoms with van der Waals surface area (Å²) in [6, 6.07) is 1.98. The third kappa shape index (κ3) is 2.08. The van der Waals surface area contributed by atoms with E-state index in [1.54, 1.807) is 14.2 Å². The third-order valence-electron chi connectivity index (χ3n) is 8.05. The molecule has 3 saturated heterocycles. The zero-order valence-corrected chi connectivity index (χ0v) is 20.6. The predicted molar refractivity (Wildman–Crippen MR) is 124 cm³/mol. The molecule has 3 unspecified atom stereocenters. The largest absolute Gasteiger partial charge is 0.506 e. The van der Waals surface area contributed by atoms with Crippen LogP contribution in [0, 0.1) is 6.92 Å². The molecule has 33 heavy (non-hydrogen) atoms. The van der Waals surface area contributed by atoms with Crippen LogP contribution in [-0.4, -0.2) is 59.4 Å². The number of aryl methyl sites for hydroxylation is 1. The first-order valence-electron chi connectivity index (χ1n) is 11.1. The fourth-order valence-corrected chi connectivity index (χ4v) is 7.53. The zero-order chi connectivity index (χ0) is 22.9. The van der Waals surface area contributed by atoms with Gasteiger partial charge in [-0.3, -0.25) is 4.79 Å². The van der Waals surface area contributed by atoms with Crippen molar-refractivity contribution in [2.75, 3.05) is 25.3 Å². The number of phenols is 1. The van der Waals surface area contributed by atoms with Gasteiger partial charge >= 0.3 is 0 Å². The van der Waals surface area contributed by atoms with Gasteiger partial charge in [-0.25, -0.2) is 0 Å². The summed E-state index contributed by atoms with van der Waals surface area (Å²) in [4.78, 5) is 12.9. The molecular formula is C24H23IO8. The molecule has 5 atom stereocenters. The number of methoxy groups -OCH3 is 2. The summed E-state index contributed by atoms with van der Waals surface area (Å²) in [6.07, 6.45) is 0.812. The number of hydrogen-bond donors (Lipinski definition) is 1. The second kappa shape index (κ2) is 6.31. The highest BCUT2D eigenvalue weighted by molar-refractivity contribution is 14.1. The topological polar surface area (TPSA) is 96.0 Å². The van der Waals surface area contributed by atoms with Gasteiger partial charge in [0.25, 0.3) is 5.79 Å². The fourth-order valence-electron chi connectivity index (χ4n) is 6.56. The monoisotopic (exact) mass is 566 g/mol. The highest BCUT2D eigenvalue weighted by Gasteiger charge is 2.90. The maximum absolute atomic E-state index is 12.9. The predicted octanol–water partition coefficient (Wildman–Crippen LogP) is 3.49. The van der Waals surface area contributed by atoms with Crippen molar-refractivity contribution in [1.29, 1.82) is 0 Å². The van der Waals surface area contributed by atoms with Crippen LogP contribution in [0.5, 0.6) is 17.2 Å². The minimum Gasteiger partial charge on any atom is -0.506 e. The SMILES string of the molecule is COc1c2c(c(O)c3c4c(c(C)cc13)C1OC3(CI)OC1[C@@](OC)(O4)[C@@]31CO1)C(=O)CCC2. The van der Waals surface area contributed by atoms with Crippen LogP contribution in [0.1, 0.15) is 46.0 Å². The molecule has 3 fully saturated rings. The molecule has 0 amide bonds. The number of carbonyl (C=O) groups is 1. The number of aromatic hydroxyl groups is 1. The molecule has 7 rings (SSSR count). The smallest absolute Gasteiger partial charge is 0.276 e. The van der Waals surface area contributed by atoms with E-state index in [0.717, 1.165) is 23.1 Å². The van der Waals surface area contributed by atoms with Crippen molar-refractivity contribution in [3.8, 4) is 17.2 Å². The van der Waals surface area contributed by atoms with E-state index in [2.05, 4.69) is 22.6 Å². The van der Waals surface area contributed by atoms with Crippen LogP contribution in [0.25, 0.3) is 10.8 Å². The number of epoxide rings is 1. The molecule has 5 aliphatic rings. The molecule has 4 heterocycles. The Bertz CT molecular complexity index is 1270. The third-order valence-corrected chi connectivity index (χ3v) is 9.05. The lowest BCUT2D eigenvalue weighted by Gasteiger charge is -2.48. The number of benzene rings is 2. The van der Waals surface area contributed by atoms with Gasteiger partial charge < -0.3 is 33.5 Å². The minimum atomic E-state index is -1.23. The molecule has 2 aromatic carbocycles. The molecule has 0 radical (unpaired) electrons. The molecule has 1 spiro atoms. The molecule has 9 heteroatoms. The molecular weight excluding hydrogens is 543 g/mol. The summed E-state index contributed by atoms with van der Waals surface area (Å²) >= 11 is 2.25. The van der Waals surface area contributed by atoms with E-state index < -0.39 is 29.4 Å². The van der Waals surface area contributed by atoms with Gasteiger partial charge in [0.1, 0.15) is 23.4 Å². The van der Waals surface area contributed by atoms with Crippen molar-refractivity contribution in [3.05, 3.63) is 28.3 Å². The maximum Gasteiger partial charge on any atom is 0.276 e. The van der Waals surface area contributed by atoms with E-state index in [-0.39, 0.29) is 11.5 Å². The number of carbonyl (C=O) groups excluding carboxylic acids is 1. The van der Waals surface area contributed by atoms with Crippen LogP contribution < -0.4 is 9.47 Å². The van der Waals surface area contributed by atoms with Crippen LogP contribution in [0.15, 0.2) is 6.07 Å². The number of rotatable bonds is 3. The number of alkyl halides is 1. The Kier molecular flexibility index (Phi) is 3.96. The normalized spacial score (nSPS) is 37.3. The number of phenolic OH excluding ortho intramolecular Hbond substituents is 1. The summed E-state index contributed by atoms with van der Waals surface area (Å²) in [5.41, 5.74) is 1.91. The van der Waals surface area contributed by atoms with Crippen LogP contribution in [0.3, 0.4) is 0 Å². The van der Waals surface area contributed by atoms with Gasteiger partial charge in [0.2, 0.25) is 11.4 Å². The molecule has 1 aliphatic carbocycles.